The molecule has 2 N–H and O–H groups in total. The van der Waals surface area contributed by atoms with Crippen LogP contribution in [0.3, 0.4) is 0 Å². The number of nitrogens with one attached hydrogen (secondary N) is 2. The molecule has 0 fully saturated rings. The van der Waals surface area contributed by atoms with Gasteiger partial charge in [0.05, 0.1) is 25.5 Å². The molecule has 0 aliphatic heterocycles. The van der Waals surface area contributed by atoms with Crippen molar-refractivity contribution in [2.45, 2.75) is 45.1 Å². The minimum Gasteiger partial charge on any atom is -0.497 e. The molecule has 0 atom stereocenters. The standard InChI is InChI=1S/C23H29N5O2S/c1-30-17-8-6-16(7-9-17)15-28-20-11-10-18-21(19(20)14-25-28)26-27-22(18)23(29)24-12-4-2-3-5-13-31/h6-9,14,31H,2-5,10-13,15H2,1H3,(H,24,29)(H,26,27). The minimum atomic E-state index is -0.0722. The number of benzene rings is 1. The topological polar surface area (TPSA) is 84.8 Å². The van der Waals surface area contributed by atoms with Crippen LogP contribution in [0.4, 0.5) is 0 Å². The predicted octanol–water partition coefficient (Wildman–Crippen LogP) is 3.65. The fourth-order valence-corrected chi connectivity index (χ4v) is 4.28. The van der Waals surface area contributed by atoms with E-state index in [-0.39, 0.29) is 5.91 Å². The molecule has 0 spiro atoms. The summed E-state index contributed by atoms with van der Waals surface area (Å²) in [6.07, 6.45) is 7.85. The Labute approximate surface area is 188 Å². The first kappa shape index (κ1) is 21.5. The molecule has 1 aliphatic carbocycles. The van der Waals surface area contributed by atoms with Crippen molar-refractivity contribution in [3.8, 4) is 17.0 Å². The van der Waals surface area contributed by atoms with Crippen LogP contribution in [0.1, 0.15) is 53.0 Å². The van der Waals surface area contributed by atoms with Gasteiger partial charge in [-0.25, -0.2) is 0 Å². The van der Waals surface area contributed by atoms with Crippen molar-refractivity contribution in [2.24, 2.45) is 0 Å². The first-order valence-electron chi connectivity index (χ1n) is 10.9. The Kier molecular flexibility index (Phi) is 6.96. The second-order valence-corrected chi connectivity index (χ2v) is 8.28. The number of hydrogen-bond acceptors (Lipinski definition) is 5. The highest BCUT2D eigenvalue weighted by Gasteiger charge is 2.27. The third-order valence-corrected chi connectivity index (χ3v) is 6.09. The minimum absolute atomic E-state index is 0.0722. The van der Waals surface area contributed by atoms with Crippen molar-refractivity contribution in [2.75, 3.05) is 19.4 Å². The van der Waals surface area contributed by atoms with Gasteiger partial charge in [0.1, 0.15) is 11.4 Å². The van der Waals surface area contributed by atoms with Crippen molar-refractivity contribution in [1.82, 2.24) is 25.3 Å². The third-order valence-electron chi connectivity index (χ3n) is 5.77. The summed E-state index contributed by atoms with van der Waals surface area (Å²) < 4.78 is 7.26. The lowest BCUT2D eigenvalue weighted by Gasteiger charge is -2.15. The van der Waals surface area contributed by atoms with E-state index in [1.54, 1.807) is 7.11 Å². The molecule has 3 aromatic rings. The van der Waals surface area contributed by atoms with Crippen LogP contribution < -0.4 is 10.1 Å². The van der Waals surface area contributed by atoms with Crippen LogP contribution in [0.15, 0.2) is 30.5 Å². The molecule has 164 valence electrons. The van der Waals surface area contributed by atoms with E-state index in [1.165, 1.54) is 0 Å². The lowest BCUT2D eigenvalue weighted by atomic mass is 9.93. The van der Waals surface area contributed by atoms with Gasteiger partial charge in [0.15, 0.2) is 0 Å². The van der Waals surface area contributed by atoms with Crippen LogP contribution in [0.2, 0.25) is 0 Å². The van der Waals surface area contributed by atoms with Gasteiger partial charge in [-0.15, -0.1) is 0 Å². The maximum Gasteiger partial charge on any atom is 0.269 e. The quantitative estimate of drug-likeness (QED) is 0.333. The average Bonchev–Trinajstić information content (AvgIpc) is 3.41. The molecule has 2 heterocycles. The number of nitrogens with zero attached hydrogens (tertiary/aromatic N) is 3. The molecule has 4 rings (SSSR count). The zero-order valence-electron chi connectivity index (χ0n) is 17.9. The molecule has 0 saturated carbocycles. The number of thiol groups is 1. The Hall–Kier alpha value is -2.74. The van der Waals surface area contributed by atoms with E-state index < -0.39 is 0 Å². The largest absolute Gasteiger partial charge is 0.497 e. The highest BCUT2D eigenvalue weighted by Crippen LogP contribution is 2.33. The molecule has 1 amide bonds. The summed E-state index contributed by atoms with van der Waals surface area (Å²) in [5.74, 6) is 1.69. The molecular weight excluding hydrogens is 410 g/mol. The number of ether oxygens (including phenoxy) is 1. The van der Waals surface area contributed by atoms with Gasteiger partial charge in [-0.05, 0) is 49.1 Å². The van der Waals surface area contributed by atoms with Gasteiger partial charge in [-0.2, -0.15) is 22.8 Å². The summed E-state index contributed by atoms with van der Waals surface area (Å²) in [7, 11) is 1.67. The highest BCUT2D eigenvalue weighted by atomic mass is 32.1. The van der Waals surface area contributed by atoms with E-state index in [1.807, 2.05) is 23.0 Å². The second kappa shape index (κ2) is 10.0. The highest BCUT2D eigenvalue weighted by molar-refractivity contribution is 7.80. The maximum atomic E-state index is 12.7. The Morgan fingerprint density at radius 1 is 1.19 bits per heavy atom. The number of carbonyl (C=O) groups is 1. The maximum absolute atomic E-state index is 12.7. The number of methoxy groups -OCH3 is 1. The molecule has 0 bridgehead atoms. The molecule has 0 radical (unpaired) electrons. The zero-order chi connectivity index (χ0) is 21.6. The van der Waals surface area contributed by atoms with Crippen molar-refractivity contribution in [3.05, 3.63) is 53.0 Å². The molecule has 2 aromatic heterocycles. The fraction of sp³-hybridized carbons (Fsp3) is 0.435. The van der Waals surface area contributed by atoms with Gasteiger partial charge in [-0.1, -0.05) is 25.0 Å². The van der Waals surface area contributed by atoms with Crippen LogP contribution >= 0.6 is 12.6 Å². The number of fused-ring (bicyclic) bond motifs is 3. The Morgan fingerprint density at radius 2 is 2.00 bits per heavy atom. The van der Waals surface area contributed by atoms with Crippen LogP contribution in [0.5, 0.6) is 5.75 Å². The van der Waals surface area contributed by atoms with E-state index in [0.29, 0.717) is 18.8 Å². The summed E-state index contributed by atoms with van der Waals surface area (Å²) in [5.41, 5.74) is 5.75. The van der Waals surface area contributed by atoms with Crippen molar-refractivity contribution >= 4 is 18.5 Å². The molecule has 31 heavy (non-hydrogen) atoms. The zero-order valence-corrected chi connectivity index (χ0v) is 18.8. The Bertz CT molecular complexity index is 1030. The molecule has 1 aliphatic rings. The molecule has 1 aromatic carbocycles. The second-order valence-electron chi connectivity index (χ2n) is 7.83. The van der Waals surface area contributed by atoms with Crippen LogP contribution in [-0.4, -0.2) is 45.3 Å². The number of hydrogen-bond donors (Lipinski definition) is 3. The van der Waals surface area contributed by atoms with Crippen molar-refractivity contribution in [1.29, 1.82) is 0 Å². The summed E-state index contributed by atoms with van der Waals surface area (Å²) >= 11 is 4.23. The van der Waals surface area contributed by atoms with Crippen molar-refractivity contribution in [3.63, 3.8) is 0 Å². The lowest BCUT2D eigenvalue weighted by molar-refractivity contribution is 0.0947. The first-order valence-corrected chi connectivity index (χ1v) is 11.5. The normalized spacial score (nSPS) is 12.3. The Morgan fingerprint density at radius 3 is 2.77 bits per heavy atom. The number of aromatic nitrogens is 4. The summed E-state index contributed by atoms with van der Waals surface area (Å²) in [6, 6.07) is 8.03. The Balaban J connectivity index is 1.42. The number of unbranched alkanes of at least 4 members (excludes halogenated alkanes) is 3. The average molecular weight is 440 g/mol. The smallest absolute Gasteiger partial charge is 0.269 e. The number of H-pyrrole nitrogens is 1. The van der Waals surface area contributed by atoms with E-state index in [4.69, 9.17) is 4.74 Å². The number of amides is 1. The number of rotatable bonds is 10. The molecule has 0 unspecified atom stereocenters. The molecule has 8 heteroatoms. The van der Waals surface area contributed by atoms with E-state index in [2.05, 4.69) is 45.4 Å². The molecular formula is C23H29N5O2S. The third kappa shape index (κ3) is 4.79. The van der Waals surface area contributed by atoms with Gasteiger partial charge in [0.25, 0.3) is 5.91 Å². The van der Waals surface area contributed by atoms with Gasteiger partial charge < -0.3 is 10.1 Å². The van der Waals surface area contributed by atoms with Crippen LogP contribution in [-0.2, 0) is 19.4 Å². The van der Waals surface area contributed by atoms with E-state index in [0.717, 1.165) is 78.1 Å². The van der Waals surface area contributed by atoms with Crippen molar-refractivity contribution < 1.29 is 9.53 Å². The van der Waals surface area contributed by atoms with Crippen LogP contribution in [0.25, 0.3) is 11.3 Å². The van der Waals surface area contributed by atoms with Gasteiger partial charge in [-0.3, -0.25) is 14.6 Å². The lowest BCUT2D eigenvalue weighted by Crippen LogP contribution is -2.26. The van der Waals surface area contributed by atoms with Gasteiger partial charge in [0.2, 0.25) is 0 Å². The summed E-state index contributed by atoms with van der Waals surface area (Å²) in [6.45, 7) is 1.38. The fourth-order valence-electron chi connectivity index (χ4n) is 4.06. The summed E-state index contributed by atoms with van der Waals surface area (Å²) in [5, 5.41) is 15.1. The molecule has 0 saturated heterocycles. The SMILES string of the molecule is COc1ccc(Cn2ncc3c2CCc2c-3n[nH]c2C(=O)NCCCCCCS)cc1. The van der Waals surface area contributed by atoms with Gasteiger partial charge in [0, 0.05) is 23.4 Å². The number of aromatic amines is 1. The number of carbonyl (C=O) groups excluding carboxylic acids is 1. The van der Waals surface area contributed by atoms with Gasteiger partial charge >= 0.3 is 0 Å². The summed E-state index contributed by atoms with van der Waals surface area (Å²) in [4.78, 5) is 12.7. The van der Waals surface area contributed by atoms with E-state index >= 15 is 0 Å². The first-order chi connectivity index (χ1) is 15.2. The molecule has 7 nitrogen and oxygen atoms in total. The monoisotopic (exact) mass is 439 g/mol. The van der Waals surface area contributed by atoms with E-state index in [9.17, 15) is 4.79 Å². The predicted molar refractivity (Wildman–Crippen MR) is 124 cm³/mol. The van der Waals surface area contributed by atoms with Crippen LogP contribution in [0, 0.1) is 0 Å².